The molecule has 166 valence electrons. The number of halogens is 1. The molecule has 1 fully saturated rings. The first kappa shape index (κ1) is 24.6. The molecule has 1 aromatic heterocycles. The lowest BCUT2D eigenvalue weighted by Crippen LogP contribution is -2.42. The first-order valence-corrected chi connectivity index (χ1v) is 11.6. The lowest BCUT2D eigenvalue weighted by molar-refractivity contribution is 0.316. The Hall–Kier alpha value is -1.66. The van der Waals surface area contributed by atoms with Crippen molar-refractivity contribution in [3.05, 3.63) is 48.3 Å². The Morgan fingerprint density at radius 3 is 2.67 bits per heavy atom. The predicted octanol–water partition coefficient (Wildman–Crippen LogP) is 2.22. The molecule has 0 amide bonds. The maximum absolute atomic E-state index is 12.1. The molecule has 1 heterocycles. The molecule has 1 saturated carbocycles. The van der Waals surface area contributed by atoms with Crippen LogP contribution in [0.5, 0.6) is 0 Å². The van der Waals surface area contributed by atoms with Gasteiger partial charge in [-0.2, -0.15) is 5.10 Å². The normalized spacial score (nSPS) is 14.7. The van der Waals surface area contributed by atoms with E-state index in [1.54, 1.807) is 7.05 Å². The number of benzene rings is 1. The molecule has 8 nitrogen and oxygen atoms in total. The van der Waals surface area contributed by atoms with E-state index >= 15 is 0 Å². The molecule has 2 aromatic rings. The average molecular weight is 546 g/mol. The van der Waals surface area contributed by atoms with E-state index in [0.717, 1.165) is 24.1 Å². The quantitative estimate of drug-likeness (QED) is 0.286. The van der Waals surface area contributed by atoms with Crippen LogP contribution in [-0.4, -0.2) is 62.0 Å². The third kappa shape index (κ3) is 7.24. The van der Waals surface area contributed by atoms with E-state index in [1.165, 1.54) is 6.42 Å². The summed E-state index contributed by atoms with van der Waals surface area (Å²) in [7, 11) is 0.337. The van der Waals surface area contributed by atoms with Crippen LogP contribution in [0.25, 0.3) is 5.69 Å². The van der Waals surface area contributed by atoms with Crippen LogP contribution in [0.4, 0.5) is 0 Å². The van der Waals surface area contributed by atoms with Crippen molar-refractivity contribution in [1.29, 1.82) is 0 Å². The van der Waals surface area contributed by atoms with Gasteiger partial charge in [-0.15, -0.1) is 24.0 Å². The average Bonchev–Trinajstić information content (AvgIpc) is 3.13. The summed E-state index contributed by atoms with van der Waals surface area (Å²) in [6.45, 7) is 1.47. The van der Waals surface area contributed by atoms with Gasteiger partial charge in [0.1, 0.15) is 0 Å². The SMILES string of the molecule is CN=C(NCCS(=O)(=O)NCC1CCC1)N(C)Cc1cnn(-c2ccccc2)c1.I. The third-order valence-electron chi connectivity index (χ3n) is 5.12. The molecule has 3 rings (SSSR count). The first-order chi connectivity index (χ1) is 14.0. The summed E-state index contributed by atoms with van der Waals surface area (Å²) in [6, 6.07) is 9.93. The summed E-state index contributed by atoms with van der Waals surface area (Å²) < 4.78 is 28.8. The molecular weight excluding hydrogens is 515 g/mol. The molecular formula is C20H31IN6O2S. The minimum absolute atomic E-state index is 0. The molecule has 2 N–H and O–H groups in total. The predicted molar refractivity (Wildman–Crippen MR) is 131 cm³/mol. The summed E-state index contributed by atoms with van der Waals surface area (Å²) >= 11 is 0. The summed E-state index contributed by atoms with van der Waals surface area (Å²) in [6.07, 6.45) is 7.26. The number of hydrogen-bond acceptors (Lipinski definition) is 4. The molecule has 0 unspecified atom stereocenters. The number of aromatic nitrogens is 2. The van der Waals surface area contributed by atoms with Gasteiger partial charge in [-0.3, -0.25) is 4.99 Å². The Bertz CT molecular complexity index is 912. The molecule has 0 bridgehead atoms. The van der Waals surface area contributed by atoms with Crippen molar-refractivity contribution in [2.75, 3.05) is 32.9 Å². The van der Waals surface area contributed by atoms with Crippen molar-refractivity contribution >= 4 is 40.0 Å². The zero-order chi connectivity index (χ0) is 20.7. The highest BCUT2D eigenvalue weighted by Crippen LogP contribution is 2.25. The molecule has 0 radical (unpaired) electrons. The van der Waals surface area contributed by atoms with E-state index in [4.69, 9.17) is 0 Å². The van der Waals surface area contributed by atoms with Crippen LogP contribution in [0.3, 0.4) is 0 Å². The maximum Gasteiger partial charge on any atom is 0.213 e. The third-order valence-corrected chi connectivity index (χ3v) is 6.47. The molecule has 1 aliphatic carbocycles. The van der Waals surface area contributed by atoms with Crippen molar-refractivity contribution in [3.63, 3.8) is 0 Å². The lowest BCUT2D eigenvalue weighted by atomic mass is 9.86. The van der Waals surface area contributed by atoms with E-state index in [1.807, 2.05) is 59.4 Å². The van der Waals surface area contributed by atoms with Gasteiger partial charge in [-0.1, -0.05) is 24.6 Å². The molecule has 10 heteroatoms. The van der Waals surface area contributed by atoms with E-state index in [2.05, 4.69) is 20.1 Å². The Kier molecular flexibility index (Phi) is 9.56. The van der Waals surface area contributed by atoms with Crippen LogP contribution in [0.15, 0.2) is 47.7 Å². The fourth-order valence-corrected chi connectivity index (χ4v) is 4.21. The summed E-state index contributed by atoms with van der Waals surface area (Å²) in [5, 5.41) is 7.54. The largest absolute Gasteiger partial charge is 0.355 e. The van der Waals surface area contributed by atoms with Gasteiger partial charge in [0.15, 0.2) is 5.96 Å². The second kappa shape index (κ2) is 11.7. The highest BCUT2D eigenvalue weighted by molar-refractivity contribution is 14.0. The van der Waals surface area contributed by atoms with Crippen LogP contribution in [0.2, 0.25) is 0 Å². The molecule has 0 spiro atoms. The molecule has 0 atom stereocenters. The summed E-state index contributed by atoms with van der Waals surface area (Å²) in [4.78, 5) is 6.20. The van der Waals surface area contributed by atoms with Crippen molar-refractivity contribution in [1.82, 2.24) is 24.7 Å². The number of sulfonamides is 1. The number of nitrogens with zero attached hydrogens (tertiary/aromatic N) is 4. The van der Waals surface area contributed by atoms with Gasteiger partial charge in [0.05, 0.1) is 17.6 Å². The van der Waals surface area contributed by atoms with Crippen molar-refractivity contribution in [2.45, 2.75) is 25.8 Å². The number of aliphatic imine (C=N–C) groups is 1. The van der Waals surface area contributed by atoms with Gasteiger partial charge in [-0.05, 0) is 30.9 Å². The molecule has 30 heavy (non-hydrogen) atoms. The van der Waals surface area contributed by atoms with E-state index < -0.39 is 10.0 Å². The highest BCUT2D eigenvalue weighted by Gasteiger charge is 2.20. The highest BCUT2D eigenvalue weighted by atomic mass is 127. The number of rotatable bonds is 9. The van der Waals surface area contributed by atoms with Crippen LogP contribution in [0, 0.1) is 5.92 Å². The zero-order valence-corrected chi connectivity index (χ0v) is 20.6. The van der Waals surface area contributed by atoms with Crippen molar-refractivity contribution in [3.8, 4) is 5.69 Å². The Morgan fingerprint density at radius 2 is 2.03 bits per heavy atom. The molecule has 1 aromatic carbocycles. The minimum atomic E-state index is -3.27. The number of guanidine groups is 1. The lowest BCUT2D eigenvalue weighted by Gasteiger charge is -2.25. The standard InChI is InChI=1S/C20H30N6O2S.HI/c1-21-20(22-11-12-29(27,28)24-14-17-7-6-8-17)25(2)15-18-13-23-26(16-18)19-9-4-3-5-10-19;/h3-5,9-10,13,16-17,24H,6-8,11-12,14-15H2,1-2H3,(H,21,22);1H. The van der Waals surface area contributed by atoms with E-state index in [9.17, 15) is 8.42 Å². The van der Waals surface area contributed by atoms with Gasteiger partial charge in [0, 0.05) is 45.5 Å². The minimum Gasteiger partial charge on any atom is -0.355 e. The topological polar surface area (TPSA) is 91.6 Å². The van der Waals surface area contributed by atoms with Gasteiger partial charge in [-0.25, -0.2) is 17.8 Å². The van der Waals surface area contributed by atoms with Gasteiger partial charge in [0.2, 0.25) is 10.0 Å². The Morgan fingerprint density at radius 1 is 1.30 bits per heavy atom. The van der Waals surface area contributed by atoms with Gasteiger partial charge >= 0.3 is 0 Å². The second-order valence-electron chi connectivity index (χ2n) is 7.42. The smallest absolute Gasteiger partial charge is 0.213 e. The first-order valence-electron chi connectivity index (χ1n) is 9.95. The maximum atomic E-state index is 12.1. The number of para-hydroxylation sites is 1. The Balaban J connectivity index is 0.00000320. The van der Waals surface area contributed by atoms with E-state index in [-0.39, 0.29) is 29.7 Å². The van der Waals surface area contributed by atoms with Gasteiger partial charge in [0.25, 0.3) is 0 Å². The van der Waals surface area contributed by atoms with Crippen LogP contribution in [-0.2, 0) is 16.6 Å². The zero-order valence-electron chi connectivity index (χ0n) is 17.5. The van der Waals surface area contributed by atoms with Crippen molar-refractivity contribution in [2.24, 2.45) is 10.9 Å². The molecule has 1 aliphatic rings. The van der Waals surface area contributed by atoms with Crippen LogP contribution >= 0.6 is 24.0 Å². The summed E-state index contributed by atoms with van der Waals surface area (Å²) in [5.41, 5.74) is 2.04. The van der Waals surface area contributed by atoms with Crippen LogP contribution < -0.4 is 10.0 Å². The molecule has 0 aliphatic heterocycles. The number of nitrogens with one attached hydrogen (secondary N) is 2. The van der Waals surface area contributed by atoms with Gasteiger partial charge < -0.3 is 10.2 Å². The molecule has 0 saturated heterocycles. The van der Waals surface area contributed by atoms with Crippen molar-refractivity contribution < 1.29 is 8.42 Å². The second-order valence-corrected chi connectivity index (χ2v) is 9.35. The van der Waals surface area contributed by atoms with Crippen LogP contribution in [0.1, 0.15) is 24.8 Å². The fourth-order valence-electron chi connectivity index (χ4n) is 3.21. The summed E-state index contributed by atoms with van der Waals surface area (Å²) in [5.74, 6) is 1.18. The number of hydrogen-bond donors (Lipinski definition) is 2. The fraction of sp³-hybridized carbons (Fsp3) is 0.500. The Labute approximate surface area is 196 Å². The van der Waals surface area contributed by atoms with E-state index in [0.29, 0.717) is 31.5 Å². The monoisotopic (exact) mass is 546 g/mol.